The summed E-state index contributed by atoms with van der Waals surface area (Å²) in [5.74, 6) is 1.10. The van der Waals surface area contributed by atoms with Crippen LogP contribution in [0.3, 0.4) is 0 Å². The van der Waals surface area contributed by atoms with Crippen LogP contribution >= 0.6 is 0 Å². The fourth-order valence-electron chi connectivity index (χ4n) is 3.60. The Labute approximate surface area is 163 Å². The van der Waals surface area contributed by atoms with E-state index in [0.717, 1.165) is 46.8 Å². The van der Waals surface area contributed by atoms with Crippen molar-refractivity contribution in [3.8, 4) is 0 Å². The van der Waals surface area contributed by atoms with Crippen LogP contribution in [0.5, 0.6) is 0 Å². The van der Waals surface area contributed by atoms with Crippen LogP contribution in [0.1, 0.15) is 17.0 Å². The molecule has 0 spiro atoms. The fraction of sp³-hybridized carbons (Fsp3) is 0.350. The number of amides is 2. The molecule has 0 radical (unpaired) electrons. The first-order valence-corrected chi connectivity index (χ1v) is 9.45. The van der Waals surface area contributed by atoms with Crippen LogP contribution in [0.15, 0.2) is 30.3 Å². The molecule has 8 nitrogen and oxygen atoms in total. The number of aromatic nitrogens is 3. The van der Waals surface area contributed by atoms with Gasteiger partial charge in [0.1, 0.15) is 5.82 Å². The number of nitrogens with zero attached hydrogens (tertiary/aromatic N) is 4. The van der Waals surface area contributed by atoms with Gasteiger partial charge in [0.15, 0.2) is 0 Å². The van der Waals surface area contributed by atoms with Gasteiger partial charge in [-0.2, -0.15) is 4.98 Å². The second-order valence-corrected chi connectivity index (χ2v) is 7.23. The molecule has 0 unspecified atom stereocenters. The highest BCUT2D eigenvalue weighted by atomic mass is 16.2. The number of benzene rings is 1. The van der Waals surface area contributed by atoms with Gasteiger partial charge in [0.05, 0.1) is 0 Å². The fourth-order valence-corrected chi connectivity index (χ4v) is 3.60. The Morgan fingerprint density at radius 1 is 1.14 bits per heavy atom. The third-order valence-corrected chi connectivity index (χ3v) is 5.01. The van der Waals surface area contributed by atoms with Gasteiger partial charge in [-0.1, -0.05) is 6.07 Å². The summed E-state index contributed by atoms with van der Waals surface area (Å²) < 4.78 is 0. The predicted octanol–water partition coefficient (Wildman–Crippen LogP) is 2.19. The number of hydrogen-bond acceptors (Lipinski definition) is 5. The van der Waals surface area contributed by atoms with Crippen LogP contribution in [0, 0.1) is 13.8 Å². The Balaban J connectivity index is 1.32. The summed E-state index contributed by atoms with van der Waals surface area (Å²) in [5, 5.41) is 4.19. The zero-order valence-corrected chi connectivity index (χ0v) is 16.2. The molecular formula is C20H25N7O. The highest BCUT2D eigenvalue weighted by Gasteiger charge is 2.22. The van der Waals surface area contributed by atoms with Crippen molar-refractivity contribution in [3.63, 3.8) is 0 Å². The number of nitrogens with one attached hydrogen (secondary N) is 2. The SMILES string of the molecule is Cc1cc(N2CCN(C(=O)NCc3ccc4[nH]c(C)cc4c3)CC2)nc(N)n1. The van der Waals surface area contributed by atoms with E-state index in [1.54, 1.807) is 0 Å². The van der Waals surface area contributed by atoms with Crippen molar-refractivity contribution in [2.75, 3.05) is 36.8 Å². The number of rotatable bonds is 3. The molecule has 1 aliphatic heterocycles. The topological polar surface area (TPSA) is 103 Å². The molecule has 28 heavy (non-hydrogen) atoms. The van der Waals surface area contributed by atoms with E-state index in [1.807, 2.05) is 30.9 Å². The number of anilines is 2. The molecule has 0 bridgehead atoms. The molecule has 1 saturated heterocycles. The number of H-pyrrole nitrogens is 1. The maximum atomic E-state index is 12.5. The van der Waals surface area contributed by atoms with Crippen molar-refractivity contribution in [3.05, 3.63) is 47.3 Å². The van der Waals surface area contributed by atoms with Crippen molar-refractivity contribution in [1.82, 2.24) is 25.2 Å². The van der Waals surface area contributed by atoms with Gasteiger partial charge in [-0.15, -0.1) is 0 Å². The first-order chi connectivity index (χ1) is 13.5. The first kappa shape index (κ1) is 18.1. The predicted molar refractivity (Wildman–Crippen MR) is 110 cm³/mol. The largest absolute Gasteiger partial charge is 0.368 e. The van der Waals surface area contributed by atoms with E-state index in [4.69, 9.17) is 5.73 Å². The Morgan fingerprint density at radius 2 is 1.93 bits per heavy atom. The molecule has 3 aromatic rings. The molecule has 0 saturated carbocycles. The summed E-state index contributed by atoms with van der Waals surface area (Å²) in [4.78, 5) is 28.2. The number of carbonyl (C=O) groups is 1. The monoisotopic (exact) mass is 379 g/mol. The quantitative estimate of drug-likeness (QED) is 0.647. The third kappa shape index (κ3) is 3.85. The molecule has 146 valence electrons. The summed E-state index contributed by atoms with van der Waals surface area (Å²) in [6, 6.07) is 10.2. The minimum absolute atomic E-state index is 0.0385. The number of fused-ring (bicyclic) bond motifs is 1. The highest BCUT2D eigenvalue weighted by Crippen LogP contribution is 2.18. The average molecular weight is 379 g/mol. The summed E-state index contributed by atoms with van der Waals surface area (Å²) in [5.41, 5.74) is 9.93. The molecule has 4 N–H and O–H groups in total. The second kappa shape index (κ2) is 7.38. The van der Waals surface area contributed by atoms with E-state index < -0.39 is 0 Å². The van der Waals surface area contributed by atoms with Crippen LogP contribution in [-0.4, -0.2) is 52.1 Å². The van der Waals surface area contributed by atoms with Gasteiger partial charge in [0.2, 0.25) is 5.95 Å². The molecule has 1 aliphatic rings. The maximum Gasteiger partial charge on any atom is 0.317 e. The molecule has 2 aromatic heterocycles. The van der Waals surface area contributed by atoms with Gasteiger partial charge in [0, 0.05) is 55.7 Å². The lowest BCUT2D eigenvalue weighted by atomic mass is 10.1. The molecule has 8 heteroatoms. The van der Waals surface area contributed by atoms with Gasteiger partial charge < -0.3 is 25.8 Å². The van der Waals surface area contributed by atoms with Gasteiger partial charge in [-0.3, -0.25) is 0 Å². The number of nitrogens with two attached hydrogens (primary N) is 1. The lowest BCUT2D eigenvalue weighted by molar-refractivity contribution is 0.194. The van der Waals surface area contributed by atoms with Gasteiger partial charge >= 0.3 is 6.03 Å². The number of aromatic amines is 1. The van der Waals surface area contributed by atoms with Crippen LogP contribution < -0.4 is 16.0 Å². The number of carbonyl (C=O) groups excluding carboxylic acids is 1. The zero-order chi connectivity index (χ0) is 19.7. The molecule has 1 fully saturated rings. The van der Waals surface area contributed by atoms with Crippen molar-refractivity contribution in [2.24, 2.45) is 0 Å². The van der Waals surface area contributed by atoms with E-state index >= 15 is 0 Å². The molecule has 3 heterocycles. The number of urea groups is 1. The standard InChI is InChI=1S/C20H25N7O/c1-13-9-16-11-15(3-4-17(16)23-13)12-22-20(28)27-7-5-26(6-8-27)18-10-14(2)24-19(21)25-18/h3-4,9-11,23H,5-8,12H2,1-2H3,(H,22,28)(H2,21,24,25). The summed E-state index contributed by atoms with van der Waals surface area (Å²) >= 11 is 0. The molecular weight excluding hydrogens is 354 g/mol. The summed E-state index contributed by atoms with van der Waals surface area (Å²) in [6.45, 7) is 7.18. The van der Waals surface area contributed by atoms with E-state index in [9.17, 15) is 4.79 Å². The van der Waals surface area contributed by atoms with Crippen LogP contribution in [0.4, 0.5) is 16.6 Å². The first-order valence-electron chi connectivity index (χ1n) is 9.45. The summed E-state index contributed by atoms with van der Waals surface area (Å²) in [6.07, 6.45) is 0. The zero-order valence-electron chi connectivity index (χ0n) is 16.2. The smallest absolute Gasteiger partial charge is 0.317 e. The minimum atomic E-state index is -0.0385. The minimum Gasteiger partial charge on any atom is -0.368 e. The molecule has 2 amide bonds. The number of piperazine rings is 1. The number of hydrogen-bond donors (Lipinski definition) is 3. The van der Waals surface area contributed by atoms with Gasteiger partial charge in [-0.25, -0.2) is 9.78 Å². The molecule has 1 aromatic carbocycles. The van der Waals surface area contributed by atoms with Crippen molar-refractivity contribution < 1.29 is 4.79 Å². The van der Waals surface area contributed by atoms with Crippen LogP contribution in [-0.2, 0) is 6.54 Å². The van der Waals surface area contributed by atoms with Crippen LogP contribution in [0.25, 0.3) is 10.9 Å². The van der Waals surface area contributed by atoms with E-state index in [1.165, 1.54) is 0 Å². The Morgan fingerprint density at radius 3 is 2.68 bits per heavy atom. The van der Waals surface area contributed by atoms with E-state index in [2.05, 4.69) is 43.4 Å². The Bertz CT molecular complexity index is 985. The van der Waals surface area contributed by atoms with E-state index in [-0.39, 0.29) is 12.0 Å². The molecule has 0 atom stereocenters. The normalized spacial score (nSPS) is 14.5. The van der Waals surface area contributed by atoms with Crippen molar-refractivity contribution >= 4 is 28.7 Å². The van der Waals surface area contributed by atoms with E-state index in [0.29, 0.717) is 19.6 Å². The number of nitrogen functional groups attached to an aromatic ring is 1. The lowest BCUT2D eigenvalue weighted by Crippen LogP contribution is -2.52. The van der Waals surface area contributed by atoms with Crippen LogP contribution in [0.2, 0.25) is 0 Å². The second-order valence-electron chi connectivity index (χ2n) is 7.23. The van der Waals surface area contributed by atoms with Crippen molar-refractivity contribution in [1.29, 1.82) is 0 Å². The maximum absolute atomic E-state index is 12.5. The Hall–Kier alpha value is -3.29. The average Bonchev–Trinajstić information content (AvgIpc) is 3.04. The third-order valence-electron chi connectivity index (χ3n) is 5.01. The molecule has 4 rings (SSSR count). The Kier molecular flexibility index (Phi) is 4.77. The molecule has 0 aliphatic carbocycles. The van der Waals surface area contributed by atoms with Gasteiger partial charge in [0.25, 0.3) is 0 Å². The lowest BCUT2D eigenvalue weighted by Gasteiger charge is -2.35. The summed E-state index contributed by atoms with van der Waals surface area (Å²) in [7, 11) is 0. The van der Waals surface area contributed by atoms with Gasteiger partial charge in [-0.05, 0) is 43.0 Å². The van der Waals surface area contributed by atoms with Crippen molar-refractivity contribution in [2.45, 2.75) is 20.4 Å². The number of aryl methyl sites for hydroxylation is 2. The highest BCUT2D eigenvalue weighted by molar-refractivity contribution is 5.81.